The monoisotopic (exact) mass is 434 g/mol. The molecule has 1 saturated heterocycles. The molecular formula is C24H26N4O2S. The zero-order valence-electron chi connectivity index (χ0n) is 17.7. The molecule has 160 valence electrons. The molecule has 1 aliphatic rings. The van der Waals surface area contributed by atoms with Crippen LogP contribution in [0.2, 0.25) is 0 Å². The Balaban J connectivity index is 1.57. The number of rotatable bonds is 5. The van der Waals surface area contributed by atoms with E-state index in [1.807, 2.05) is 72.4 Å². The van der Waals surface area contributed by atoms with Crippen molar-refractivity contribution in [1.82, 2.24) is 10.1 Å². The van der Waals surface area contributed by atoms with E-state index in [0.29, 0.717) is 23.0 Å². The molecular weight excluding hydrogens is 408 g/mol. The third-order valence-electron chi connectivity index (χ3n) is 5.58. The van der Waals surface area contributed by atoms with Crippen LogP contribution in [0.5, 0.6) is 0 Å². The van der Waals surface area contributed by atoms with Gasteiger partial charge < -0.3 is 15.2 Å². The van der Waals surface area contributed by atoms with Crippen LogP contribution in [0, 0.1) is 0 Å². The van der Waals surface area contributed by atoms with Crippen LogP contribution in [0.4, 0.5) is 5.88 Å². The second-order valence-corrected chi connectivity index (χ2v) is 9.25. The summed E-state index contributed by atoms with van der Waals surface area (Å²) in [5.41, 5.74) is 8.71. The highest BCUT2D eigenvalue weighted by Crippen LogP contribution is 2.33. The standard InChI is InChI=1S/C24H26N4O2S/c1-24(2,19-10-6-9-18(15-19)22(29)17-7-4-3-5-8-17)20-16-21(30-27-20)26-23(25)28-11-13-31-14-12-28/h3-10,15-16H,11-14H2,1-2H3,(H2,25,26). The zero-order chi connectivity index (χ0) is 21.8. The van der Waals surface area contributed by atoms with E-state index in [2.05, 4.69) is 28.9 Å². The smallest absolute Gasteiger partial charge is 0.253 e. The van der Waals surface area contributed by atoms with Gasteiger partial charge in [0.15, 0.2) is 11.7 Å². The second kappa shape index (κ2) is 8.98. The molecule has 7 heteroatoms. The average Bonchev–Trinajstić information content (AvgIpc) is 3.29. The number of ketones is 1. The van der Waals surface area contributed by atoms with Crippen LogP contribution < -0.4 is 5.73 Å². The van der Waals surface area contributed by atoms with Gasteiger partial charge in [0, 0.05) is 47.2 Å². The van der Waals surface area contributed by atoms with Gasteiger partial charge in [-0.3, -0.25) is 4.79 Å². The number of nitrogens with two attached hydrogens (primary N) is 1. The fraction of sp³-hybridized carbons (Fsp3) is 0.292. The number of hydrogen-bond acceptors (Lipinski definition) is 5. The Morgan fingerprint density at radius 2 is 1.77 bits per heavy atom. The third kappa shape index (κ3) is 4.66. The molecule has 2 aromatic carbocycles. The summed E-state index contributed by atoms with van der Waals surface area (Å²) in [7, 11) is 0. The Bertz CT molecular complexity index is 1090. The molecule has 1 aliphatic heterocycles. The van der Waals surface area contributed by atoms with Crippen molar-refractivity contribution in [3.63, 3.8) is 0 Å². The van der Waals surface area contributed by atoms with Gasteiger partial charge in [0.1, 0.15) is 0 Å². The largest absolute Gasteiger partial charge is 0.369 e. The maximum Gasteiger partial charge on any atom is 0.253 e. The van der Waals surface area contributed by atoms with Crippen LogP contribution in [0.15, 0.2) is 70.2 Å². The van der Waals surface area contributed by atoms with Gasteiger partial charge in [-0.15, -0.1) is 0 Å². The van der Waals surface area contributed by atoms with Crippen LogP contribution in [0.25, 0.3) is 0 Å². The lowest BCUT2D eigenvalue weighted by Crippen LogP contribution is -2.42. The van der Waals surface area contributed by atoms with Crippen molar-refractivity contribution >= 4 is 29.4 Å². The number of aromatic nitrogens is 1. The van der Waals surface area contributed by atoms with Crippen molar-refractivity contribution in [2.24, 2.45) is 10.7 Å². The molecule has 2 heterocycles. The third-order valence-corrected chi connectivity index (χ3v) is 6.52. The van der Waals surface area contributed by atoms with Gasteiger partial charge >= 0.3 is 0 Å². The number of carbonyl (C=O) groups excluding carboxylic acids is 1. The molecule has 4 rings (SSSR count). The second-order valence-electron chi connectivity index (χ2n) is 8.02. The number of aliphatic imine (C=N–C) groups is 1. The SMILES string of the molecule is CC(C)(c1cccc(C(=O)c2ccccc2)c1)c1cc(N=C(N)N2CCSCC2)on1. The van der Waals surface area contributed by atoms with Crippen LogP contribution in [0.3, 0.4) is 0 Å². The van der Waals surface area contributed by atoms with Crippen molar-refractivity contribution in [3.05, 3.63) is 83.0 Å². The Morgan fingerprint density at radius 3 is 2.52 bits per heavy atom. The Kier molecular flexibility index (Phi) is 6.13. The molecule has 6 nitrogen and oxygen atoms in total. The normalized spacial score (nSPS) is 15.2. The van der Waals surface area contributed by atoms with Gasteiger partial charge in [0.05, 0.1) is 5.69 Å². The van der Waals surface area contributed by atoms with Crippen molar-refractivity contribution in [3.8, 4) is 0 Å². The molecule has 0 radical (unpaired) electrons. The Morgan fingerprint density at radius 1 is 1.06 bits per heavy atom. The van der Waals surface area contributed by atoms with E-state index in [9.17, 15) is 4.79 Å². The first-order chi connectivity index (χ1) is 14.9. The Labute approximate surface area is 186 Å². The van der Waals surface area contributed by atoms with E-state index in [4.69, 9.17) is 10.3 Å². The fourth-order valence-corrected chi connectivity index (χ4v) is 4.45. The van der Waals surface area contributed by atoms with Crippen LogP contribution in [0.1, 0.15) is 41.0 Å². The van der Waals surface area contributed by atoms with Crippen molar-refractivity contribution in [2.75, 3.05) is 24.6 Å². The van der Waals surface area contributed by atoms with Crippen molar-refractivity contribution < 1.29 is 9.32 Å². The minimum Gasteiger partial charge on any atom is -0.369 e. The highest BCUT2D eigenvalue weighted by molar-refractivity contribution is 7.99. The van der Waals surface area contributed by atoms with Gasteiger partial charge in [-0.25, -0.2) is 0 Å². The maximum absolute atomic E-state index is 12.9. The number of hydrogen-bond donors (Lipinski definition) is 1. The molecule has 0 saturated carbocycles. The molecule has 3 aromatic rings. The lowest BCUT2D eigenvalue weighted by molar-refractivity contribution is 0.103. The van der Waals surface area contributed by atoms with E-state index in [1.165, 1.54) is 0 Å². The van der Waals surface area contributed by atoms with E-state index in [1.54, 1.807) is 0 Å². The van der Waals surface area contributed by atoms with E-state index >= 15 is 0 Å². The molecule has 0 unspecified atom stereocenters. The quantitative estimate of drug-likeness (QED) is 0.368. The number of benzene rings is 2. The van der Waals surface area contributed by atoms with Gasteiger partial charge in [0.25, 0.3) is 5.88 Å². The van der Waals surface area contributed by atoms with E-state index < -0.39 is 5.41 Å². The summed E-state index contributed by atoms with van der Waals surface area (Å²) in [5, 5.41) is 4.25. The highest BCUT2D eigenvalue weighted by Gasteiger charge is 2.28. The molecule has 2 N–H and O–H groups in total. The van der Waals surface area contributed by atoms with Gasteiger partial charge in [-0.1, -0.05) is 67.5 Å². The number of nitrogens with zero attached hydrogens (tertiary/aromatic N) is 3. The number of carbonyl (C=O) groups is 1. The first kappa shape index (κ1) is 21.2. The summed E-state index contributed by atoms with van der Waals surface area (Å²) in [6.45, 7) is 5.87. The zero-order valence-corrected chi connectivity index (χ0v) is 18.6. The van der Waals surface area contributed by atoms with E-state index in [-0.39, 0.29) is 5.78 Å². The van der Waals surface area contributed by atoms with Crippen LogP contribution in [-0.2, 0) is 5.41 Å². The summed E-state index contributed by atoms with van der Waals surface area (Å²) < 4.78 is 5.46. The summed E-state index contributed by atoms with van der Waals surface area (Å²) in [6.07, 6.45) is 0. The number of thioether (sulfide) groups is 1. The van der Waals surface area contributed by atoms with Gasteiger partial charge in [0.2, 0.25) is 0 Å². The summed E-state index contributed by atoms with van der Waals surface area (Å²) >= 11 is 1.92. The summed E-state index contributed by atoms with van der Waals surface area (Å²) in [5.74, 6) is 2.93. The summed E-state index contributed by atoms with van der Waals surface area (Å²) in [4.78, 5) is 19.3. The maximum atomic E-state index is 12.9. The van der Waals surface area contributed by atoms with Gasteiger partial charge in [-0.2, -0.15) is 16.8 Å². The molecule has 0 atom stereocenters. The highest BCUT2D eigenvalue weighted by atomic mass is 32.2. The van der Waals surface area contributed by atoms with Crippen molar-refractivity contribution in [2.45, 2.75) is 19.3 Å². The number of guanidine groups is 1. The van der Waals surface area contributed by atoms with Crippen molar-refractivity contribution in [1.29, 1.82) is 0 Å². The molecule has 0 amide bonds. The first-order valence-corrected chi connectivity index (χ1v) is 11.4. The molecule has 31 heavy (non-hydrogen) atoms. The first-order valence-electron chi connectivity index (χ1n) is 10.3. The van der Waals surface area contributed by atoms with Gasteiger partial charge in [-0.05, 0) is 11.6 Å². The summed E-state index contributed by atoms with van der Waals surface area (Å²) in [6, 6.07) is 18.8. The molecule has 1 fully saturated rings. The topological polar surface area (TPSA) is 84.7 Å². The minimum absolute atomic E-state index is 0.00356. The molecule has 1 aromatic heterocycles. The van der Waals surface area contributed by atoms with Crippen LogP contribution in [-0.4, -0.2) is 46.4 Å². The average molecular weight is 435 g/mol. The predicted molar refractivity (Wildman–Crippen MR) is 125 cm³/mol. The fourth-order valence-electron chi connectivity index (χ4n) is 3.54. The molecule has 0 aliphatic carbocycles. The minimum atomic E-state index is -0.471. The van der Waals surface area contributed by atoms with Crippen LogP contribution >= 0.6 is 11.8 Å². The predicted octanol–water partition coefficient (Wildman–Crippen LogP) is 4.23. The molecule has 0 bridgehead atoms. The Hall–Kier alpha value is -3.06. The lowest BCUT2D eigenvalue weighted by atomic mass is 9.80. The molecule has 0 spiro atoms. The van der Waals surface area contributed by atoms with E-state index in [0.717, 1.165) is 35.9 Å². The lowest BCUT2D eigenvalue weighted by Gasteiger charge is -2.26.